The highest BCUT2D eigenvalue weighted by Crippen LogP contribution is 2.22. The molecular weight excluding hydrogens is 242 g/mol. The summed E-state index contributed by atoms with van der Waals surface area (Å²) in [7, 11) is 0. The summed E-state index contributed by atoms with van der Waals surface area (Å²) in [6.07, 6.45) is 0.131. The number of ether oxygens (including phenoxy) is 1. The lowest BCUT2D eigenvalue weighted by molar-refractivity contribution is -0.116. The van der Waals surface area contributed by atoms with Crippen molar-refractivity contribution in [3.63, 3.8) is 0 Å². The quantitative estimate of drug-likeness (QED) is 0.752. The van der Waals surface area contributed by atoms with Gasteiger partial charge in [-0.1, -0.05) is 11.6 Å². The Labute approximate surface area is 96.9 Å². The summed E-state index contributed by atoms with van der Waals surface area (Å²) in [5.74, 6) is 0.139. The van der Waals surface area contributed by atoms with Crippen molar-refractivity contribution >= 4 is 29.0 Å². The van der Waals surface area contributed by atoms with Crippen LogP contribution in [0.5, 0.6) is 5.75 Å². The van der Waals surface area contributed by atoms with Crippen LogP contribution in [-0.2, 0) is 11.2 Å². The second-order valence-electron chi connectivity index (χ2n) is 2.86. The van der Waals surface area contributed by atoms with Crippen LogP contribution in [-0.4, -0.2) is 18.5 Å². The van der Waals surface area contributed by atoms with Crippen LogP contribution in [0.3, 0.4) is 0 Å². The average molecular weight is 251 g/mol. The van der Waals surface area contributed by atoms with Gasteiger partial charge in [0.25, 0.3) is 0 Å². The summed E-state index contributed by atoms with van der Waals surface area (Å²) < 4.78 is 16.5. The minimum Gasteiger partial charge on any atom is -0.463 e. The van der Waals surface area contributed by atoms with Gasteiger partial charge in [-0.05, 0) is 23.8 Å². The topological polar surface area (TPSA) is 26.3 Å². The maximum Gasteiger partial charge on any atom is 0.228 e. The second kappa shape index (κ2) is 5.93. The van der Waals surface area contributed by atoms with Gasteiger partial charge in [0.2, 0.25) is 6.86 Å². The smallest absolute Gasteiger partial charge is 0.228 e. The SMILES string of the molecule is O=C(CCl)Cc1cc(OCF)ccc1Cl. The second-order valence-corrected chi connectivity index (χ2v) is 3.53. The van der Waals surface area contributed by atoms with Gasteiger partial charge < -0.3 is 4.74 Å². The van der Waals surface area contributed by atoms with Gasteiger partial charge in [0.1, 0.15) is 5.75 Å². The number of alkyl halides is 2. The summed E-state index contributed by atoms with van der Waals surface area (Å²) in [6, 6.07) is 4.63. The first-order chi connectivity index (χ1) is 7.17. The lowest BCUT2D eigenvalue weighted by atomic mass is 10.1. The Morgan fingerprint density at radius 3 is 2.80 bits per heavy atom. The van der Waals surface area contributed by atoms with Crippen molar-refractivity contribution in [2.75, 3.05) is 12.7 Å². The van der Waals surface area contributed by atoms with E-state index in [1.807, 2.05) is 0 Å². The average Bonchev–Trinajstić information content (AvgIpc) is 2.23. The number of carbonyl (C=O) groups excluding carboxylic acids is 1. The summed E-state index contributed by atoms with van der Waals surface area (Å²) >= 11 is 11.2. The van der Waals surface area contributed by atoms with Gasteiger partial charge in [-0.15, -0.1) is 11.6 Å². The van der Waals surface area contributed by atoms with Crippen LogP contribution >= 0.6 is 23.2 Å². The van der Waals surface area contributed by atoms with E-state index in [1.165, 1.54) is 12.1 Å². The Morgan fingerprint density at radius 1 is 1.47 bits per heavy atom. The normalized spacial score (nSPS) is 10.1. The first-order valence-corrected chi connectivity index (χ1v) is 5.13. The van der Waals surface area contributed by atoms with Gasteiger partial charge in [0.05, 0.1) is 5.88 Å². The van der Waals surface area contributed by atoms with Crippen LogP contribution in [0, 0.1) is 0 Å². The molecule has 0 saturated heterocycles. The van der Waals surface area contributed by atoms with E-state index >= 15 is 0 Å². The van der Waals surface area contributed by atoms with Crippen molar-refractivity contribution in [3.05, 3.63) is 28.8 Å². The molecule has 0 aliphatic rings. The van der Waals surface area contributed by atoms with Gasteiger partial charge in [-0.3, -0.25) is 4.79 Å². The summed E-state index contributed by atoms with van der Waals surface area (Å²) in [4.78, 5) is 11.1. The third-order valence-electron chi connectivity index (χ3n) is 1.78. The van der Waals surface area contributed by atoms with Gasteiger partial charge in [-0.25, -0.2) is 4.39 Å². The predicted molar refractivity (Wildman–Crippen MR) is 57.5 cm³/mol. The fraction of sp³-hybridized carbons (Fsp3) is 0.300. The van der Waals surface area contributed by atoms with Crippen LogP contribution in [0.4, 0.5) is 4.39 Å². The zero-order chi connectivity index (χ0) is 11.3. The zero-order valence-electron chi connectivity index (χ0n) is 7.80. The van der Waals surface area contributed by atoms with E-state index < -0.39 is 6.86 Å². The molecule has 0 N–H and O–H groups in total. The minimum atomic E-state index is -0.912. The highest BCUT2D eigenvalue weighted by molar-refractivity contribution is 6.32. The molecule has 2 nitrogen and oxygen atoms in total. The Hall–Kier alpha value is -0.800. The molecule has 82 valence electrons. The van der Waals surface area contributed by atoms with E-state index in [9.17, 15) is 9.18 Å². The van der Waals surface area contributed by atoms with Crippen molar-refractivity contribution in [2.24, 2.45) is 0 Å². The number of rotatable bonds is 5. The fourth-order valence-electron chi connectivity index (χ4n) is 1.10. The number of ketones is 1. The zero-order valence-corrected chi connectivity index (χ0v) is 9.32. The van der Waals surface area contributed by atoms with Crippen LogP contribution in [0.25, 0.3) is 0 Å². The lowest BCUT2D eigenvalue weighted by Gasteiger charge is -2.06. The number of hydrogen-bond acceptors (Lipinski definition) is 2. The molecule has 0 aliphatic heterocycles. The number of Topliss-reactive ketones (excluding diaryl/α,β-unsaturated/α-hetero) is 1. The third kappa shape index (κ3) is 3.68. The van der Waals surface area contributed by atoms with E-state index in [0.29, 0.717) is 16.3 Å². The van der Waals surface area contributed by atoms with Crippen LogP contribution in [0.2, 0.25) is 5.02 Å². The largest absolute Gasteiger partial charge is 0.463 e. The summed E-state index contributed by atoms with van der Waals surface area (Å²) in [6.45, 7) is -0.912. The molecule has 1 aromatic rings. The van der Waals surface area contributed by atoms with Crippen molar-refractivity contribution in [2.45, 2.75) is 6.42 Å². The number of benzene rings is 1. The molecule has 0 bridgehead atoms. The third-order valence-corrected chi connectivity index (χ3v) is 2.44. The van der Waals surface area contributed by atoms with E-state index in [2.05, 4.69) is 4.74 Å². The fourth-order valence-corrected chi connectivity index (χ4v) is 1.38. The van der Waals surface area contributed by atoms with Gasteiger partial charge >= 0.3 is 0 Å². The Balaban J connectivity index is 2.85. The monoisotopic (exact) mass is 250 g/mol. The van der Waals surface area contributed by atoms with Gasteiger partial charge in [0.15, 0.2) is 5.78 Å². The first kappa shape index (κ1) is 12.3. The highest BCUT2D eigenvalue weighted by atomic mass is 35.5. The molecule has 1 rings (SSSR count). The van der Waals surface area contributed by atoms with Gasteiger partial charge in [-0.2, -0.15) is 0 Å². The molecule has 0 spiro atoms. The molecule has 1 aromatic carbocycles. The summed E-state index contributed by atoms with van der Waals surface area (Å²) in [5.41, 5.74) is 0.591. The summed E-state index contributed by atoms with van der Waals surface area (Å²) in [5, 5.41) is 0.444. The predicted octanol–water partition coefficient (Wildman–Crippen LogP) is 3.00. The molecule has 0 aromatic heterocycles. The Bertz CT molecular complexity index is 355. The molecule has 0 radical (unpaired) electrons. The highest BCUT2D eigenvalue weighted by Gasteiger charge is 2.07. The molecule has 15 heavy (non-hydrogen) atoms. The van der Waals surface area contributed by atoms with E-state index in [0.717, 1.165) is 0 Å². The van der Waals surface area contributed by atoms with E-state index in [-0.39, 0.29) is 18.1 Å². The molecule has 5 heteroatoms. The molecule has 0 heterocycles. The molecule has 0 aliphatic carbocycles. The maximum absolute atomic E-state index is 11.9. The van der Waals surface area contributed by atoms with Crippen molar-refractivity contribution < 1.29 is 13.9 Å². The first-order valence-electron chi connectivity index (χ1n) is 4.22. The molecular formula is C10H9Cl2FO2. The van der Waals surface area contributed by atoms with Crippen LogP contribution in [0.15, 0.2) is 18.2 Å². The molecule has 0 fully saturated rings. The van der Waals surface area contributed by atoms with Crippen molar-refractivity contribution in [1.82, 2.24) is 0 Å². The Morgan fingerprint density at radius 2 is 2.20 bits per heavy atom. The number of halogens is 3. The van der Waals surface area contributed by atoms with Crippen molar-refractivity contribution in [3.8, 4) is 5.75 Å². The van der Waals surface area contributed by atoms with Crippen LogP contribution in [0.1, 0.15) is 5.56 Å². The molecule has 0 unspecified atom stereocenters. The van der Waals surface area contributed by atoms with Gasteiger partial charge in [0, 0.05) is 11.4 Å². The minimum absolute atomic E-state index is 0.0650. The van der Waals surface area contributed by atoms with E-state index in [1.54, 1.807) is 6.07 Å². The standard InChI is InChI=1S/C10H9Cl2FO2/c11-5-8(14)3-7-4-9(15-6-13)1-2-10(7)12/h1-2,4H,3,5-6H2. The number of hydrogen-bond donors (Lipinski definition) is 0. The van der Waals surface area contributed by atoms with Crippen molar-refractivity contribution in [1.29, 1.82) is 0 Å². The van der Waals surface area contributed by atoms with E-state index in [4.69, 9.17) is 23.2 Å². The molecule has 0 saturated carbocycles. The Kier molecular flexibility index (Phi) is 4.85. The number of carbonyl (C=O) groups is 1. The molecule has 0 amide bonds. The lowest BCUT2D eigenvalue weighted by Crippen LogP contribution is -2.04. The maximum atomic E-state index is 11.9. The molecule has 0 atom stereocenters. The van der Waals surface area contributed by atoms with Crippen LogP contribution < -0.4 is 4.74 Å².